The van der Waals surface area contributed by atoms with Crippen LogP contribution < -0.4 is 0 Å². The Morgan fingerprint density at radius 2 is 1.71 bits per heavy atom. The van der Waals surface area contributed by atoms with Crippen molar-refractivity contribution < 1.29 is 17.9 Å². The SMILES string of the molecule is Cc1cc(C)n(CCC(=O)N2CCN(S(=O)(=O)N3CC(C)OC(C)C3)CC2)n1. The van der Waals surface area contributed by atoms with Crippen LogP contribution in [-0.2, 0) is 26.3 Å². The largest absolute Gasteiger partial charge is 0.373 e. The quantitative estimate of drug-likeness (QED) is 0.697. The van der Waals surface area contributed by atoms with E-state index in [0.717, 1.165) is 11.4 Å². The van der Waals surface area contributed by atoms with Crippen LogP contribution in [0.5, 0.6) is 0 Å². The molecule has 2 aliphatic rings. The fraction of sp³-hybridized carbons (Fsp3) is 0.778. The van der Waals surface area contributed by atoms with E-state index < -0.39 is 10.2 Å². The summed E-state index contributed by atoms with van der Waals surface area (Å²) >= 11 is 0. The maximum absolute atomic E-state index is 12.9. The zero-order valence-electron chi connectivity index (χ0n) is 17.2. The lowest BCUT2D eigenvalue weighted by molar-refractivity contribution is -0.132. The van der Waals surface area contributed by atoms with Gasteiger partial charge in [0.05, 0.1) is 17.9 Å². The van der Waals surface area contributed by atoms with Crippen LogP contribution in [0.1, 0.15) is 31.7 Å². The summed E-state index contributed by atoms with van der Waals surface area (Å²) in [5.41, 5.74) is 1.98. The minimum Gasteiger partial charge on any atom is -0.373 e. The van der Waals surface area contributed by atoms with Crippen LogP contribution in [0.4, 0.5) is 0 Å². The fourth-order valence-electron chi connectivity index (χ4n) is 3.91. The zero-order chi connectivity index (χ0) is 20.5. The van der Waals surface area contributed by atoms with E-state index in [9.17, 15) is 13.2 Å². The first-order valence-corrected chi connectivity index (χ1v) is 11.3. The summed E-state index contributed by atoms with van der Waals surface area (Å²) in [7, 11) is -3.52. The van der Waals surface area contributed by atoms with Crippen molar-refractivity contribution in [1.29, 1.82) is 0 Å². The molecule has 28 heavy (non-hydrogen) atoms. The van der Waals surface area contributed by atoms with E-state index >= 15 is 0 Å². The van der Waals surface area contributed by atoms with Crippen molar-refractivity contribution in [3.05, 3.63) is 17.5 Å². The molecule has 1 aromatic rings. The lowest BCUT2D eigenvalue weighted by atomic mass is 10.3. The van der Waals surface area contributed by atoms with Crippen LogP contribution in [0.15, 0.2) is 6.07 Å². The molecule has 2 saturated heterocycles. The van der Waals surface area contributed by atoms with E-state index in [1.807, 2.05) is 38.4 Å². The Kier molecular flexibility index (Phi) is 6.43. The molecule has 3 heterocycles. The third-order valence-corrected chi connectivity index (χ3v) is 7.24. The maximum Gasteiger partial charge on any atom is 0.282 e. The van der Waals surface area contributed by atoms with E-state index in [0.29, 0.717) is 52.2 Å². The summed E-state index contributed by atoms with van der Waals surface area (Å²) in [6.45, 7) is 10.5. The van der Waals surface area contributed by atoms with Crippen LogP contribution in [0.25, 0.3) is 0 Å². The summed E-state index contributed by atoms with van der Waals surface area (Å²) < 4.78 is 36.4. The standard InChI is InChI=1S/C18H31N5O4S/c1-14-11-15(2)23(19-14)6-5-18(24)20-7-9-21(10-8-20)28(25,26)22-12-16(3)27-17(4)13-22/h11,16-17H,5-10,12-13H2,1-4H3. The lowest BCUT2D eigenvalue weighted by Gasteiger charge is -2.40. The first-order chi connectivity index (χ1) is 13.2. The molecule has 0 N–H and O–H groups in total. The second-order valence-corrected chi connectivity index (χ2v) is 9.69. The molecule has 10 heteroatoms. The van der Waals surface area contributed by atoms with Gasteiger partial charge in [0.1, 0.15) is 0 Å². The number of morpholine rings is 1. The van der Waals surface area contributed by atoms with Gasteiger partial charge in [0.2, 0.25) is 5.91 Å². The molecule has 158 valence electrons. The van der Waals surface area contributed by atoms with Crippen LogP contribution >= 0.6 is 0 Å². The summed E-state index contributed by atoms with van der Waals surface area (Å²) in [6, 6.07) is 1.99. The number of aromatic nitrogens is 2. The second-order valence-electron chi connectivity index (χ2n) is 7.76. The molecule has 0 saturated carbocycles. The molecular weight excluding hydrogens is 382 g/mol. The molecule has 2 fully saturated rings. The summed E-state index contributed by atoms with van der Waals surface area (Å²) in [6.07, 6.45) is 0.138. The highest BCUT2D eigenvalue weighted by Gasteiger charge is 2.37. The second kappa shape index (κ2) is 8.48. The summed E-state index contributed by atoms with van der Waals surface area (Å²) in [4.78, 5) is 14.3. The average molecular weight is 414 g/mol. The molecule has 1 aromatic heterocycles. The van der Waals surface area contributed by atoms with Gasteiger partial charge in [-0.05, 0) is 33.8 Å². The van der Waals surface area contributed by atoms with Crippen molar-refractivity contribution in [1.82, 2.24) is 23.3 Å². The van der Waals surface area contributed by atoms with Gasteiger partial charge in [0.25, 0.3) is 10.2 Å². The number of rotatable bonds is 5. The number of hydrogen-bond acceptors (Lipinski definition) is 5. The molecule has 1 amide bonds. The van der Waals surface area contributed by atoms with Gasteiger partial charge < -0.3 is 9.64 Å². The van der Waals surface area contributed by atoms with E-state index in [-0.39, 0.29) is 18.1 Å². The van der Waals surface area contributed by atoms with Gasteiger partial charge in [-0.15, -0.1) is 0 Å². The normalized spacial score (nSPS) is 25.2. The Labute approximate surface area is 167 Å². The molecule has 3 rings (SSSR count). The number of aryl methyl sites for hydroxylation is 3. The number of carbonyl (C=O) groups is 1. The predicted octanol–water partition coefficient (Wildman–Crippen LogP) is 0.388. The number of ether oxygens (including phenoxy) is 1. The molecule has 0 bridgehead atoms. The monoisotopic (exact) mass is 413 g/mol. The molecule has 0 radical (unpaired) electrons. The average Bonchev–Trinajstić information content (AvgIpc) is 2.96. The van der Waals surface area contributed by atoms with Crippen molar-refractivity contribution in [3.8, 4) is 0 Å². The van der Waals surface area contributed by atoms with Gasteiger partial charge in [-0.2, -0.15) is 22.1 Å². The Balaban J connectivity index is 1.52. The van der Waals surface area contributed by atoms with Crippen LogP contribution in [0.2, 0.25) is 0 Å². The van der Waals surface area contributed by atoms with E-state index in [1.165, 1.54) is 8.61 Å². The van der Waals surface area contributed by atoms with Crippen LogP contribution in [0, 0.1) is 13.8 Å². The Morgan fingerprint density at radius 3 is 2.25 bits per heavy atom. The smallest absolute Gasteiger partial charge is 0.282 e. The Morgan fingerprint density at radius 1 is 1.11 bits per heavy atom. The van der Waals surface area contributed by atoms with Crippen molar-refractivity contribution in [2.75, 3.05) is 39.3 Å². The Bertz CT molecular complexity index is 791. The number of nitrogens with zero attached hydrogens (tertiary/aromatic N) is 5. The van der Waals surface area contributed by atoms with Gasteiger partial charge in [-0.3, -0.25) is 9.48 Å². The molecular formula is C18H31N5O4S. The van der Waals surface area contributed by atoms with Gasteiger partial charge >= 0.3 is 0 Å². The van der Waals surface area contributed by atoms with Gasteiger partial charge in [-0.25, -0.2) is 0 Å². The third kappa shape index (κ3) is 4.73. The molecule has 0 aromatic carbocycles. The molecule has 0 aliphatic carbocycles. The lowest BCUT2D eigenvalue weighted by Crippen LogP contribution is -2.57. The topological polar surface area (TPSA) is 88.0 Å². The van der Waals surface area contributed by atoms with E-state index in [4.69, 9.17) is 4.74 Å². The molecule has 9 nitrogen and oxygen atoms in total. The summed E-state index contributed by atoms with van der Waals surface area (Å²) in [5.74, 6) is 0.0400. The molecule has 0 spiro atoms. The molecule has 2 aliphatic heterocycles. The Hall–Kier alpha value is -1.49. The number of amides is 1. The van der Waals surface area contributed by atoms with Crippen molar-refractivity contribution in [2.45, 2.75) is 52.9 Å². The predicted molar refractivity (Wildman–Crippen MR) is 105 cm³/mol. The fourth-order valence-corrected chi connectivity index (χ4v) is 5.66. The highest BCUT2D eigenvalue weighted by atomic mass is 32.2. The minimum atomic E-state index is -3.52. The van der Waals surface area contributed by atoms with E-state index in [1.54, 1.807) is 4.90 Å². The highest BCUT2D eigenvalue weighted by Crippen LogP contribution is 2.19. The maximum atomic E-state index is 12.9. The van der Waals surface area contributed by atoms with Crippen molar-refractivity contribution in [2.24, 2.45) is 0 Å². The first-order valence-electron chi connectivity index (χ1n) is 9.86. The van der Waals surface area contributed by atoms with Gasteiger partial charge in [0.15, 0.2) is 0 Å². The highest BCUT2D eigenvalue weighted by molar-refractivity contribution is 7.86. The van der Waals surface area contributed by atoms with Gasteiger partial charge in [0, 0.05) is 57.9 Å². The third-order valence-electron chi connectivity index (χ3n) is 5.27. The van der Waals surface area contributed by atoms with Crippen molar-refractivity contribution >= 4 is 16.1 Å². The number of hydrogen-bond donors (Lipinski definition) is 0. The number of piperazine rings is 1. The van der Waals surface area contributed by atoms with E-state index in [2.05, 4.69) is 5.10 Å². The zero-order valence-corrected chi connectivity index (χ0v) is 18.0. The van der Waals surface area contributed by atoms with Crippen molar-refractivity contribution in [3.63, 3.8) is 0 Å². The minimum absolute atomic E-state index is 0.0400. The van der Waals surface area contributed by atoms with Gasteiger partial charge in [-0.1, -0.05) is 0 Å². The first kappa shape index (κ1) is 21.2. The van der Waals surface area contributed by atoms with Crippen LogP contribution in [0.3, 0.4) is 0 Å². The number of carbonyl (C=O) groups excluding carboxylic acids is 1. The molecule has 2 unspecified atom stereocenters. The van der Waals surface area contributed by atoms with Crippen LogP contribution in [-0.4, -0.2) is 89.1 Å². The summed E-state index contributed by atoms with van der Waals surface area (Å²) in [5, 5.41) is 4.38. The molecule has 2 atom stereocenters.